The molecule has 0 aromatic carbocycles. The lowest BCUT2D eigenvalue weighted by Crippen LogP contribution is -2.24. The Morgan fingerprint density at radius 3 is 2.36 bits per heavy atom. The molecule has 82 valence electrons. The molecule has 0 aromatic rings. The van der Waals surface area contributed by atoms with Crippen LogP contribution in [0.1, 0.15) is 46.5 Å². The summed E-state index contributed by atoms with van der Waals surface area (Å²) < 4.78 is 0. The third-order valence-corrected chi connectivity index (χ3v) is 4.56. The summed E-state index contributed by atoms with van der Waals surface area (Å²) in [6.45, 7) is 9.93. The summed E-state index contributed by atoms with van der Waals surface area (Å²) in [7, 11) is 2.28. The highest BCUT2D eigenvalue weighted by atomic mass is 15.1. The summed E-state index contributed by atoms with van der Waals surface area (Å²) in [6.07, 6.45) is 5.90. The van der Waals surface area contributed by atoms with E-state index in [9.17, 15) is 0 Å². The van der Waals surface area contributed by atoms with Crippen molar-refractivity contribution in [1.29, 1.82) is 0 Å². The van der Waals surface area contributed by atoms with E-state index in [0.717, 1.165) is 5.92 Å². The van der Waals surface area contributed by atoms with Crippen molar-refractivity contribution in [2.24, 2.45) is 16.7 Å². The van der Waals surface area contributed by atoms with Gasteiger partial charge in [0, 0.05) is 6.54 Å². The average molecular weight is 195 g/mol. The highest BCUT2D eigenvalue weighted by Gasteiger charge is 2.45. The summed E-state index contributed by atoms with van der Waals surface area (Å²) in [5.41, 5.74) is 1.25. The number of rotatable bonds is 0. The van der Waals surface area contributed by atoms with Crippen molar-refractivity contribution in [2.45, 2.75) is 46.5 Å². The van der Waals surface area contributed by atoms with Crippen LogP contribution >= 0.6 is 0 Å². The van der Waals surface area contributed by atoms with Crippen LogP contribution in [0.2, 0.25) is 0 Å². The first kappa shape index (κ1) is 10.5. The molecule has 2 fully saturated rings. The largest absolute Gasteiger partial charge is 0.306 e. The highest BCUT2D eigenvalue weighted by molar-refractivity contribution is 4.97. The van der Waals surface area contributed by atoms with Crippen LogP contribution in [-0.2, 0) is 0 Å². The van der Waals surface area contributed by atoms with Gasteiger partial charge in [-0.05, 0) is 56.0 Å². The Hall–Kier alpha value is -0.0400. The minimum absolute atomic E-state index is 0.532. The smallest absolute Gasteiger partial charge is 0.00355 e. The summed E-state index contributed by atoms with van der Waals surface area (Å²) in [4.78, 5) is 2.52. The van der Waals surface area contributed by atoms with E-state index in [2.05, 4.69) is 32.7 Å². The Morgan fingerprint density at radius 2 is 1.93 bits per heavy atom. The Bertz CT molecular complexity index is 216. The highest BCUT2D eigenvalue weighted by Crippen LogP contribution is 2.52. The monoisotopic (exact) mass is 195 g/mol. The fraction of sp³-hybridized carbons (Fsp3) is 1.00. The van der Waals surface area contributed by atoms with E-state index >= 15 is 0 Å². The van der Waals surface area contributed by atoms with Gasteiger partial charge in [-0.2, -0.15) is 0 Å². The zero-order valence-corrected chi connectivity index (χ0v) is 10.3. The van der Waals surface area contributed by atoms with E-state index in [1.807, 2.05) is 0 Å². The topological polar surface area (TPSA) is 3.24 Å². The first-order chi connectivity index (χ1) is 6.41. The first-order valence-electron chi connectivity index (χ1n) is 6.10. The van der Waals surface area contributed by atoms with Gasteiger partial charge < -0.3 is 4.90 Å². The summed E-state index contributed by atoms with van der Waals surface area (Å²) in [5, 5.41) is 0. The SMILES string of the molecule is CN1CCC2(CCC(C(C)(C)C)C2)C1. The molecule has 2 unspecified atom stereocenters. The zero-order valence-electron chi connectivity index (χ0n) is 10.3. The zero-order chi connectivity index (χ0) is 10.4. The molecule has 2 rings (SSSR count). The standard InChI is InChI=1S/C13H25N/c1-12(2,3)11-5-6-13(9-11)7-8-14(4)10-13/h11H,5-10H2,1-4H3. The summed E-state index contributed by atoms with van der Waals surface area (Å²) in [6, 6.07) is 0. The number of nitrogens with zero attached hydrogens (tertiary/aromatic N) is 1. The minimum Gasteiger partial charge on any atom is -0.306 e. The maximum atomic E-state index is 2.52. The second-order valence-corrected chi connectivity index (χ2v) is 6.79. The molecule has 2 atom stereocenters. The number of likely N-dealkylation sites (tertiary alicyclic amines) is 1. The van der Waals surface area contributed by atoms with Gasteiger partial charge in [0.2, 0.25) is 0 Å². The molecular formula is C13H25N. The lowest BCUT2D eigenvalue weighted by atomic mass is 9.76. The molecule has 1 nitrogen and oxygen atoms in total. The predicted octanol–water partition coefficient (Wildman–Crippen LogP) is 3.15. The van der Waals surface area contributed by atoms with Gasteiger partial charge in [0.15, 0.2) is 0 Å². The predicted molar refractivity (Wildman–Crippen MR) is 61.3 cm³/mol. The molecule has 14 heavy (non-hydrogen) atoms. The molecule has 1 heteroatoms. The third-order valence-electron chi connectivity index (χ3n) is 4.56. The van der Waals surface area contributed by atoms with E-state index in [4.69, 9.17) is 0 Å². The first-order valence-corrected chi connectivity index (χ1v) is 6.10. The Kier molecular flexibility index (Phi) is 2.42. The molecule has 1 aliphatic heterocycles. The quantitative estimate of drug-likeness (QED) is 0.574. The maximum absolute atomic E-state index is 2.52. The lowest BCUT2D eigenvalue weighted by Gasteiger charge is -2.29. The lowest BCUT2D eigenvalue weighted by molar-refractivity contribution is 0.208. The molecule has 0 radical (unpaired) electrons. The van der Waals surface area contributed by atoms with E-state index in [0.29, 0.717) is 10.8 Å². The van der Waals surface area contributed by atoms with Crippen LogP contribution in [-0.4, -0.2) is 25.0 Å². The van der Waals surface area contributed by atoms with Gasteiger partial charge in [0.05, 0.1) is 0 Å². The van der Waals surface area contributed by atoms with Crippen molar-refractivity contribution in [3.63, 3.8) is 0 Å². The molecule has 0 aromatic heterocycles. The van der Waals surface area contributed by atoms with Crippen LogP contribution in [0.15, 0.2) is 0 Å². The van der Waals surface area contributed by atoms with E-state index in [1.54, 1.807) is 0 Å². The van der Waals surface area contributed by atoms with Crippen LogP contribution in [0.5, 0.6) is 0 Å². The van der Waals surface area contributed by atoms with Gasteiger partial charge in [0.25, 0.3) is 0 Å². The van der Waals surface area contributed by atoms with Gasteiger partial charge >= 0.3 is 0 Å². The van der Waals surface area contributed by atoms with Gasteiger partial charge in [-0.15, -0.1) is 0 Å². The molecule has 1 saturated carbocycles. The number of hydrogen-bond acceptors (Lipinski definition) is 1. The number of hydrogen-bond donors (Lipinski definition) is 0. The minimum atomic E-state index is 0.532. The molecule has 1 aliphatic carbocycles. The average Bonchev–Trinajstić information content (AvgIpc) is 2.59. The molecule has 1 heterocycles. The molecular weight excluding hydrogens is 170 g/mol. The van der Waals surface area contributed by atoms with Crippen LogP contribution in [0.3, 0.4) is 0 Å². The van der Waals surface area contributed by atoms with Crippen molar-refractivity contribution < 1.29 is 0 Å². The molecule has 1 spiro atoms. The normalized spacial score (nSPS) is 39.9. The van der Waals surface area contributed by atoms with Crippen LogP contribution in [0.25, 0.3) is 0 Å². The van der Waals surface area contributed by atoms with Crippen molar-refractivity contribution in [3.05, 3.63) is 0 Å². The Morgan fingerprint density at radius 1 is 1.21 bits per heavy atom. The maximum Gasteiger partial charge on any atom is 0.00355 e. The molecule has 0 N–H and O–H groups in total. The van der Waals surface area contributed by atoms with E-state index in [-0.39, 0.29) is 0 Å². The van der Waals surface area contributed by atoms with Crippen molar-refractivity contribution in [1.82, 2.24) is 4.90 Å². The second-order valence-electron chi connectivity index (χ2n) is 6.79. The third kappa shape index (κ3) is 1.84. The molecule has 1 saturated heterocycles. The fourth-order valence-corrected chi connectivity index (χ4v) is 3.48. The van der Waals surface area contributed by atoms with Crippen molar-refractivity contribution >= 4 is 0 Å². The van der Waals surface area contributed by atoms with Gasteiger partial charge in [-0.25, -0.2) is 0 Å². The second kappa shape index (κ2) is 3.23. The van der Waals surface area contributed by atoms with Gasteiger partial charge in [-0.1, -0.05) is 20.8 Å². The van der Waals surface area contributed by atoms with Gasteiger partial charge in [-0.3, -0.25) is 0 Å². The van der Waals surface area contributed by atoms with Crippen molar-refractivity contribution in [2.75, 3.05) is 20.1 Å². The van der Waals surface area contributed by atoms with E-state index < -0.39 is 0 Å². The summed E-state index contributed by atoms with van der Waals surface area (Å²) in [5.74, 6) is 0.967. The fourth-order valence-electron chi connectivity index (χ4n) is 3.48. The summed E-state index contributed by atoms with van der Waals surface area (Å²) >= 11 is 0. The Balaban J connectivity index is 2.01. The van der Waals surface area contributed by atoms with Crippen molar-refractivity contribution in [3.8, 4) is 0 Å². The van der Waals surface area contributed by atoms with E-state index in [1.165, 1.54) is 38.8 Å². The molecule has 0 amide bonds. The molecule has 0 bridgehead atoms. The van der Waals surface area contributed by atoms with Crippen LogP contribution in [0, 0.1) is 16.7 Å². The van der Waals surface area contributed by atoms with Gasteiger partial charge in [0.1, 0.15) is 0 Å². The Labute approximate surface area is 88.9 Å². The van der Waals surface area contributed by atoms with Crippen LogP contribution < -0.4 is 0 Å². The molecule has 2 aliphatic rings. The van der Waals surface area contributed by atoms with Crippen LogP contribution in [0.4, 0.5) is 0 Å².